The molecule has 4 nitrogen and oxygen atoms in total. The first kappa shape index (κ1) is 13.7. The molecule has 0 unspecified atom stereocenters. The van der Waals surface area contributed by atoms with Crippen LogP contribution in [-0.2, 0) is 11.4 Å². The van der Waals surface area contributed by atoms with Crippen LogP contribution in [0.1, 0.15) is 11.1 Å². The Bertz CT molecular complexity index is 615. The maximum atomic E-state index is 10.5. The normalized spacial score (nSPS) is 10.6. The predicted octanol–water partition coefficient (Wildman–Crippen LogP) is 3.07. The largest absolute Gasteiger partial charge is 0.508 e. The average Bonchev–Trinajstić information content (AvgIpc) is 2.45. The molecule has 0 fully saturated rings. The predicted molar refractivity (Wildman–Crippen MR) is 75.6 cm³/mol. The lowest BCUT2D eigenvalue weighted by atomic mass is 10.2. The van der Waals surface area contributed by atoms with E-state index in [0.29, 0.717) is 12.4 Å². The second-order valence-electron chi connectivity index (χ2n) is 4.20. The first-order valence-electron chi connectivity index (χ1n) is 6.05. The van der Waals surface area contributed by atoms with Crippen LogP contribution in [0.15, 0.2) is 54.6 Å². The molecule has 0 radical (unpaired) electrons. The van der Waals surface area contributed by atoms with Gasteiger partial charge < -0.3 is 14.9 Å². The molecule has 0 aliphatic rings. The van der Waals surface area contributed by atoms with Crippen molar-refractivity contribution in [3.8, 4) is 11.5 Å². The number of ether oxygens (including phenoxy) is 1. The van der Waals surface area contributed by atoms with E-state index < -0.39 is 5.97 Å². The van der Waals surface area contributed by atoms with Crippen molar-refractivity contribution in [2.45, 2.75) is 6.61 Å². The number of phenols is 1. The highest BCUT2D eigenvalue weighted by Crippen LogP contribution is 2.17. The van der Waals surface area contributed by atoms with Gasteiger partial charge in [0.15, 0.2) is 0 Å². The molecule has 102 valence electrons. The van der Waals surface area contributed by atoms with Crippen molar-refractivity contribution in [1.82, 2.24) is 0 Å². The molecule has 0 amide bonds. The Balaban J connectivity index is 2.01. The first-order chi connectivity index (χ1) is 9.63. The SMILES string of the molecule is O=C(O)/C=C/c1cccc(OCc2ccc(O)cc2)c1. The molecular formula is C16H14O4. The molecule has 2 N–H and O–H groups in total. The maximum Gasteiger partial charge on any atom is 0.328 e. The van der Waals surface area contributed by atoms with Crippen molar-refractivity contribution >= 4 is 12.0 Å². The van der Waals surface area contributed by atoms with Gasteiger partial charge in [-0.25, -0.2) is 4.79 Å². The Labute approximate surface area is 116 Å². The topological polar surface area (TPSA) is 66.8 Å². The number of aliphatic carboxylic acids is 1. The highest BCUT2D eigenvalue weighted by atomic mass is 16.5. The van der Waals surface area contributed by atoms with Crippen LogP contribution in [0.4, 0.5) is 0 Å². The molecule has 2 aromatic rings. The maximum absolute atomic E-state index is 10.5. The molecule has 20 heavy (non-hydrogen) atoms. The second kappa shape index (κ2) is 6.43. The summed E-state index contributed by atoms with van der Waals surface area (Å²) in [6.07, 6.45) is 2.59. The van der Waals surface area contributed by atoms with Crippen molar-refractivity contribution in [2.24, 2.45) is 0 Å². The van der Waals surface area contributed by atoms with E-state index in [4.69, 9.17) is 9.84 Å². The van der Waals surface area contributed by atoms with Crippen LogP contribution >= 0.6 is 0 Å². The standard InChI is InChI=1S/C16H14O4/c17-14-7-4-13(5-8-14)11-20-15-3-1-2-12(10-15)6-9-16(18)19/h1-10,17H,11H2,(H,18,19)/b9-6+. The summed E-state index contributed by atoms with van der Waals surface area (Å²) in [6.45, 7) is 0.381. The summed E-state index contributed by atoms with van der Waals surface area (Å²) in [5.74, 6) is -0.111. The molecule has 0 aromatic heterocycles. The molecule has 0 bridgehead atoms. The van der Waals surface area contributed by atoms with Crippen LogP contribution in [-0.4, -0.2) is 16.2 Å². The van der Waals surface area contributed by atoms with Crippen molar-refractivity contribution in [1.29, 1.82) is 0 Å². The summed E-state index contributed by atoms with van der Waals surface area (Å²) in [5, 5.41) is 17.8. The fourth-order valence-corrected chi connectivity index (χ4v) is 1.63. The van der Waals surface area contributed by atoms with E-state index in [2.05, 4.69) is 0 Å². The highest BCUT2D eigenvalue weighted by Gasteiger charge is 1.98. The molecule has 4 heteroatoms. The minimum absolute atomic E-state index is 0.217. The van der Waals surface area contributed by atoms with Gasteiger partial charge in [0.2, 0.25) is 0 Å². The number of rotatable bonds is 5. The lowest BCUT2D eigenvalue weighted by molar-refractivity contribution is -0.131. The minimum Gasteiger partial charge on any atom is -0.508 e. The van der Waals surface area contributed by atoms with Crippen molar-refractivity contribution in [2.75, 3.05) is 0 Å². The summed E-state index contributed by atoms with van der Waals surface area (Å²) in [7, 11) is 0. The Kier molecular flexibility index (Phi) is 4.39. The molecule has 0 atom stereocenters. The number of carbonyl (C=O) groups is 1. The van der Waals surface area contributed by atoms with E-state index in [1.807, 2.05) is 0 Å². The number of carboxylic acid groups (broad SMARTS) is 1. The van der Waals surface area contributed by atoms with E-state index in [-0.39, 0.29) is 5.75 Å². The molecule has 0 heterocycles. The molecule has 2 aromatic carbocycles. The Hall–Kier alpha value is -2.75. The van der Waals surface area contributed by atoms with E-state index in [9.17, 15) is 9.90 Å². The van der Waals surface area contributed by atoms with E-state index >= 15 is 0 Å². The van der Waals surface area contributed by atoms with Crippen LogP contribution in [0.5, 0.6) is 11.5 Å². The van der Waals surface area contributed by atoms with Crippen LogP contribution in [0.25, 0.3) is 6.08 Å². The fourth-order valence-electron chi connectivity index (χ4n) is 1.63. The minimum atomic E-state index is -0.986. The number of carboxylic acids is 1. The van der Waals surface area contributed by atoms with Gasteiger partial charge in [0.1, 0.15) is 18.1 Å². The van der Waals surface area contributed by atoms with Gasteiger partial charge in [0, 0.05) is 6.08 Å². The molecule has 0 aliphatic carbocycles. The molecule has 0 saturated heterocycles. The summed E-state index contributed by atoms with van der Waals surface area (Å²) >= 11 is 0. The Morgan fingerprint density at radius 3 is 2.60 bits per heavy atom. The lowest BCUT2D eigenvalue weighted by Gasteiger charge is -2.07. The first-order valence-corrected chi connectivity index (χ1v) is 6.05. The molecule has 0 aliphatic heterocycles. The van der Waals surface area contributed by atoms with Gasteiger partial charge >= 0.3 is 5.97 Å². The summed E-state index contributed by atoms with van der Waals surface area (Å²) in [4.78, 5) is 10.5. The quantitative estimate of drug-likeness (QED) is 0.819. The zero-order valence-electron chi connectivity index (χ0n) is 10.7. The van der Waals surface area contributed by atoms with Crippen molar-refractivity contribution in [3.63, 3.8) is 0 Å². The third-order valence-corrected chi connectivity index (χ3v) is 2.62. The zero-order valence-corrected chi connectivity index (χ0v) is 10.7. The van der Waals surface area contributed by atoms with Gasteiger partial charge in [0.25, 0.3) is 0 Å². The zero-order chi connectivity index (χ0) is 14.4. The number of aromatic hydroxyl groups is 1. The smallest absolute Gasteiger partial charge is 0.328 e. The van der Waals surface area contributed by atoms with Crippen molar-refractivity contribution in [3.05, 3.63) is 65.7 Å². The summed E-state index contributed by atoms with van der Waals surface area (Å²) in [6, 6.07) is 13.9. The third kappa shape index (κ3) is 4.17. The monoisotopic (exact) mass is 270 g/mol. The number of benzene rings is 2. The van der Waals surface area contributed by atoms with Gasteiger partial charge in [-0.2, -0.15) is 0 Å². The molecule has 0 saturated carbocycles. The van der Waals surface area contributed by atoms with Crippen LogP contribution in [0.2, 0.25) is 0 Å². The van der Waals surface area contributed by atoms with Crippen molar-refractivity contribution < 1.29 is 19.7 Å². The van der Waals surface area contributed by atoms with Gasteiger partial charge in [-0.15, -0.1) is 0 Å². The van der Waals surface area contributed by atoms with Gasteiger partial charge in [-0.1, -0.05) is 24.3 Å². The van der Waals surface area contributed by atoms with Crippen LogP contribution < -0.4 is 4.74 Å². The number of hydrogen-bond donors (Lipinski definition) is 2. The second-order valence-corrected chi connectivity index (χ2v) is 4.20. The average molecular weight is 270 g/mol. The van der Waals surface area contributed by atoms with E-state index in [1.54, 1.807) is 48.5 Å². The fraction of sp³-hybridized carbons (Fsp3) is 0.0625. The van der Waals surface area contributed by atoms with E-state index in [1.165, 1.54) is 6.08 Å². The summed E-state index contributed by atoms with van der Waals surface area (Å²) in [5.41, 5.74) is 1.70. The molecular weight excluding hydrogens is 256 g/mol. The summed E-state index contributed by atoms with van der Waals surface area (Å²) < 4.78 is 5.62. The third-order valence-electron chi connectivity index (χ3n) is 2.62. The van der Waals surface area contributed by atoms with Crippen LogP contribution in [0.3, 0.4) is 0 Å². The Morgan fingerprint density at radius 2 is 1.90 bits per heavy atom. The van der Waals surface area contributed by atoms with Gasteiger partial charge in [0.05, 0.1) is 0 Å². The van der Waals surface area contributed by atoms with Gasteiger partial charge in [-0.3, -0.25) is 0 Å². The lowest BCUT2D eigenvalue weighted by Crippen LogP contribution is -1.95. The number of hydrogen-bond acceptors (Lipinski definition) is 3. The number of phenolic OH excluding ortho intramolecular Hbond substituents is 1. The highest BCUT2D eigenvalue weighted by molar-refractivity contribution is 5.85. The Morgan fingerprint density at radius 1 is 1.15 bits per heavy atom. The molecule has 0 spiro atoms. The van der Waals surface area contributed by atoms with Crippen LogP contribution in [0, 0.1) is 0 Å². The van der Waals surface area contributed by atoms with Gasteiger partial charge in [-0.05, 0) is 41.5 Å². The van der Waals surface area contributed by atoms with E-state index in [0.717, 1.165) is 17.2 Å². The molecule has 2 rings (SSSR count).